The van der Waals surface area contributed by atoms with Crippen LogP contribution in [-0.2, 0) is 9.62 Å². The Bertz CT molecular complexity index is 121. The Kier molecular flexibility index (Phi) is 2.87. The van der Waals surface area contributed by atoms with Crippen LogP contribution in [0.1, 0.15) is 32.6 Å². The zero-order valence-electron chi connectivity index (χ0n) is 7.17. The van der Waals surface area contributed by atoms with Crippen molar-refractivity contribution in [3.05, 3.63) is 0 Å². The van der Waals surface area contributed by atoms with Crippen molar-refractivity contribution in [1.82, 2.24) is 0 Å². The van der Waals surface area contributed by atoms with E-state index in [1.807, 2.05) is 0 Å². The fraction of sp³-hybridized carbons (Fsp3) is 1.00. The molecule has 0 aliphatic heterocycles. The van der Waals surface area contributed by atoms with Crippen LogP contribution in [0.5, 0.6) is 0 Å². The number of hydrogen-bond donors (Lipinski definition) is 1. The van der Waals surface area contributed by atoms with Crippen LogP contribution in [0.25, 0.3) is 0 Å². The molecule has 0 amide bonds. The van der Waals surface area contributed by atoms with Crippen molar-refractivity contribution < 1.29 is 14.9 Å². The van der Waals surface area contributed by atoms with E-state index in [0.717, 1.165) is 19.3 Å². The van der Waals surface area contributed by atoms with Crippen LogP contribution in [0, 0.1) is 5.92 Å². The maximum atomic E-state index is 8.63. The zero-order valence-corrected chi connectivity index (χ0v) is 7.17. The van der Waals surface area contributed by atoms with E-state index in [0.29, 0.717) is 5.92 Å². The highest BCUT2D eigenvalue weighted by Crippen LogP contribution is 2.34. The predicted molar refractivity (Wildman–Crippen MR) is 41.1 cm³/mol. The van der Waals surface area contributed by atoms with E-state index in [-0.39, 0.29) is 0 Å². The minimum atomic E-state index is -0.711. The summed E-state index contributed by atoms with van der Waals surface area (Å²) >= 11 is 0. The molecule has 11 heavy (non-hydrogen) atoms. The van der Waals surface area contributed by atoms with E-state index >= 15 is 0 Å². The van der Waals surface area contributed by atoms with Crippen molar-refractivity contribution in [2.24, 2.45) is 5.92 Å². The van der Waals surface area contributed by atoms with E-state index in [1.54, 1.807) is 7.11 Å². The standard InChI is InChI=1S/C8H16O3/c1-7-4-3-5-8(6-7,10-2)11-9/h7,9H,3-6H2,1-2H3. The van der Waals surface area contributed by atoms with Gasteiger partial charge in [0.05, 0.1) is 0 Å². The van der Waals surface area contributed by atoms with Gasteiger partial charge in [0.2, 0.25) is 5.79 Å². The summed E-state index contributed by atoms with van der Waals surface area (Å²) < 4.78 is 5.13. The highest BCUT2D eigenvalue weighted by Gasteiger charge is 2.36. The molecule has 3 nitrogen and oxygen atoms in total. The summed E-state index contributed by atoms with van der Waals surface area (Å²) in [5.74, 6) is -0.131. The van der Waals surface area contributed by atoms with Crippen molar-refractivity contribution in [2.75, 3.05) is 7.11 Å². The van der Waals surface area contributed by atoms with Gasteiger partial charge in [0.1, 0.15) is 0 Å². The maximum absolute atomic E-state index is 8.63. The Morgan fingerprint density at radius 1 is 1.55 bits per heavy atom. The molecule has 1 aliphatic carbocycles. The molecular formula is C8H16O3. The summed E-state index contributed by atoms with van der Waals surface area (Å²) in [4.78, 5) is 4.38. The van der Waals surface area contributed by atoms with Gasteiger partial charge >= 0.3 is 0 Å². The van der Waals surface area contributed by atoms with E-state index in [1.165, 1.54) is 6.42 Å². The molecule has 0 aromatic rings. The third-order valence-electron chi connectivity index (χ3n) is 2.45. The molecule has 66 valence electrons. The Labute approximate surface area is 67.2 Å². The summed E-state index contributed by atoms with van der Waals surface area (Å²) in [6, 6.07) is 0. The maximum Gasteiger partial charge on any atom is 0.201 e. The Morgan fingerprint density at radius 3 is 2.64 bits per heavy atom. The summed E-state index contributed by atoms with van der Waals surface area (Å²) in [5.41, 5.74) is 0. The van der Waals surface area contributed by atoms with E-state index < -0.39 is 5.79 Å². The highest BCUT2D eigenvalue weighted by atomic mass is 17.1. The molecule has 1 aliphatic rings. The van der Waals surface area contributed by atoms with Gasteiger partial charge in [-0.25, -0.2) is 10.1 Å². The molecule has 0 aromatic heterocycles. The van der Waals surface area contributed by atoms with Crippen LogP contribution in [-0.4, -0.2) is 18.2 Å². The molecular weight excluding hydrogens is 144 g/mol. The van der Waals surface area contributed by atoms with Crippen molar-refractivity contribution >= 4 is 0 Å². The van der Waals surface area contributed by atoms with Gasteiger partial charge < -0.3 is 4.74 Å². The summed E-state index contributed by atoms with van der Waals surface area (Å²) in [7, 11) is 1.58. The largest absolute Gasteiger partial charge is 0.351 e. The molecule has 0 bridgehead atoms. The lowest BCUT2D eigenvalue weighted by molar-refractivity contribution is -0.409. The molecule has 1 fully saturated rings. The average Bonchev–Trinajstić information content (AvgIpc) is 2.04. The van der Waals surface area contributed by atoms with Crippen molar-refractivity contribution in [3.63, 3.8) is 0 Å². The molecule has 3 heteroatoms. The normalized spacial score (nSPS) is 39.0. The van der Waals surface area contributed by atoms with Gasteiger partial charge in [-0.1, -0.05) is 13.3 Å². The lowest BCUT2D eigenvalue weighted by Crippen LogP contribution is -2.38. The third-order valence-corrected chi connectivity index (χ3v) is 2.45. The molecule has 0 saturated heterocycles. The molecule has 2 unspecified atom stereocenters. The first-order chi connectivity index (χ1) is 5.22. The summed E-state index contributed by atoms with van der Waals surface area (Å²) in [6.45, 7) is 2.14. The number of ether oxygens (including phenoxy) is 1. The molecule has 0 radical (unpaired) electrons. The molecule has 0 spiro atoms. The van der Waals surface area contributed by atoms with E-state index in [9.17, 15) is 0 Å². The number of methoxy groups -OCH3 is 1. The lowest BCUT2D eigenvalue weighted by Gasteiger charge is -2.35. The van der Waals surface area contributed by atoms with Crippen LogP contribution < -0.4 is 0 Å². The van der Waals surface area contributed by atoms with Crippen LogP contribution in [0.2, 0.25) is 0 Å². The molecule has 1 N–H and O–H groups in total. The van der Waals surface area contributed by atoms with Gasteiger partial charge in [0, 0.05) is 20.0 Å². The number of rotatable bonds is 2. The summed E-state index contributed by atoms with van der Waals surface area (Å²) in [6.07, 6.45) is 3.86. The first-order valence-electron chi connectivity index (χ1n) is 4.10. The van der Waals surface area contributed by atoms with Gasteiger partial charge in [0.25, 0.3) is 0 Å². The first-order valence-corrected chi connectivity index (χ1v) is 4.10. The fourth-order valence-electron chi connectivity index (χ4n) is 1.76. The van der Waals surface area contributed by atoms with Crippen molar-refractivity contribution in [3.8, 4) is 0 Å². The summed E-state index contributed by atoms with van der Waals surface area (Å²) in [5, 5.41) is 8.63. The van der Waals surface area contributed by atoms with E-state index in [4.69, 9.17) is 9.99 Å². The first kappa shape index (κ1) is 8.97. The fourth-order valence-corrected chi connectivity index (χ4v) is 1.76. The molecule has 2 atom stereocenters. The SMILES string of the molecule is COC1(OO)CCCC(C)C1. The highest BCUT2D eigenvalue weighted by molar-refractivity contribution is 4.77. The van der Waals surface area contributed by atoms with Gasteiger partial charge in [-0.05, 0) is 12.3 Å². The van der Waals surface area contributed by atoms with Crippen LogP contribution >= 0.6 is 0 Å². The van der Waals surface area contributed by atoms with E-state index in [2.05, 4.69) is 11.8 Å². The third kappa shape index (κ3) is 1.92. The topological polar surface area (TPSA) is 38.7 Å². The van der Waals surface area contributed by atoms with Crippen LogP contribution in [0.3, 0.4) is 0 Å². The minimum absolute atomic E-state index is 0.579. The van der Waals surface area contributed by atoms with Crippen LogP contribution in [0.4, 0.5) is 0 Å². The molecule has 1 rings (SSSR count). The second-order valence-corrected chi connectivity index (χ2v) is 3.41. The molecule has 0 aromatic carbocycles. The molecule has 1 saturated carbocycles. The zero-order chi connectivity index (χ0) is 8.32. The Morgan fingerprint density at radius 2 is 2.27 bits per heavy atom. The monoisotopic (exact) mass is 160 g/mol. The van der Waals surface area contributed by atoms with Gasteiger partial charge in [-0.3, -0.25) is 0 Å². The second-order valence-electron chi connectivity index (χ2n) is 3.41. The Balaban J connectivity index is 2.52. The van der Waals surface area contributed by atoms with Gasteiger partial charge in [-0.2, -0.15) is 0 Å². The van der Waals surface area contributed by atoms with Crippen molar-refractivity contribution in [2.45, 2.75) is 38.4 Å². The quantitative estimate of drug-likeness (QED) is 0.381. The Hall–Kier alpha value is -0.120. The lowest BCUT2D eigenvalue weighted by atomic mass is 9.86. The van der Waals surface area contributed by atoms with Gasteiger partial charge in [-0.15, -0.1) is 0 Å². The van der Waals surface area contributed by atoms with Gasteiger partial charge in [0.15, 0.2) is 0 Å². The predicted octanol–water partition coefficient (Wildman–Crippen LogP) is 2.03. The van der Waals surface area contributed by atoms with Crippen LogP contribution in [0.15, 0.2) is 0 Å². The van der Waals surface area contributed by atoms with Crippen molar-refractivity contribution in [1.29, 1.82) is 0 Å². The number of hydrogen-bond acceptors (Lipinski definition) is 3. The smallest absolute Gasteiger partial charge is 0.201 e. The minimum Gasteiger partial charge on any atom is -0.351 e. The average molecular weight is 160 g/mol. The molecule has 0 heterocycles. The second kappa shape index (κ2) is 3.52.